The Kier molecular flexibility index (Phi) is 5.38. The van der Waals surface area contributed by atoms with E-state index in [0.717, 1.165) is 11.0 Å². The average Bonchev–Trinajstić information content (AvgIpc) is 2.82. The van der Waals surface area contributed by atoms with Crippen molar-refractivity contribution in [3.63, 3.8) is 0 Å². The SMILES string of the molecule is CNCc1nnc(SCCS(=O)(=O)c2ccccc2)n1C. The lowest BCUT2D eigenvalue weighted by Crippen LogP contribution is -2.11. The van der Waals surface area contributed by atoms with Crippen LogP contribution in [0.2, 0.25) is 0 Å². The summed E-state index contributed by atoms with van der Waals surface area (Å²) in [5, 5.41) is 11.9. The van der Waals surface area contributed by atoms with E-state index in [0.29, 0.717) is 17.2 Å². The van der Waals surface area contributed by atoms with Crippen molar-refractivity contribution in [2.75, 3.05) is 18.6 Å². The van der Waals surface area contributed by atoms with Gasteiger partial charge in [0.1, 0.15) is 5.82 Å². The lowest BCUT2D eigenvalue weighted by Gasteiger charge is -2.05. The highest BCUT2D eigenvalue weighted by molar-refractivity contribution is 8.00. The van der Waals surface area contributed by atoms with Gasteiger partial charge < -0.3 is 9.88 Å². The molecule has 0 spiro atoms. The van der Waals surface area contributed by atoms with E-state index in [9.17, 15) is 8.42 Å². The van der Waals surface area contributed by atoms with Crippen LogP contribution in [0, 0.1) is 0 Å². The van der Waals surface area contributed by atoms with Crippen molar-refractivity contribution in [2.24, 2.45) is 7.05 Å². The van der Waals surface area contributed by atoms with Crippen molar-refractivity contribution < 1.29 is 8.42 Å². The van der Waals surface area contributed by atoms with E-state index in [1.807, 2.05) is 18.7 Å². The van der Waals surface area contributed by atoms with Gasteiger partial charge in [0, 0.05) is 12.8 Å². The monoisotopic (exact) mass is 326 g/mol. The van der Waals surface area contributed by atoms with Gasteiger partial charge in [-0.3, -0.25) is 0 Å². The van der Waals surface area contributed by atoms with Crippen LogP contribution in [0.5, 0.6) is 0 Å². The van der Waals surface area contributed by atoms with Gasteiger partial charge in [-0.1, -0.05) is 30.0 Å². The van der Waals surface area contributed by atoms with Crippen molar-refractivity contribution in [1.29, 1.82) is 0 Å². The van der Waals surface area contributed by atoms with Crippen LogP contribution in [0.25, 0.3) is 0 Å². The number of sulfone groups is 1. The van der Waals surface area contributed by atoms with Crippen LogP contribution in [0.3, 0.4) is 0 Å². The Hall–Kier alpha value is -1.38. The Balaban J connectivity index is 1.96. The summed E-state index contributed by atoms with van der Waals surface area (Å²) in [6.07, 6.45) is 0. The van der Waals surface area contributed by atoms with Crippen LogP contribution < -0.4 is 5.32 Å². The second-order valence-electron chi connectivity index (χ2n) is 4.47. The third-order valence-electron chi connectivity index (χ3n) is 2.95. The maximum atomic E-state index is 12.1. The summed E-state index contributed by atoms with van der Waals surface area (Å²) in [4.78, 5) is 0.361. The molecule has 0 aliphatic rings. The Morgan fingerprint density at radius 1 is 1.24 bits per heavy atom. The summed E-state index contributed by atoms with van der Waals surface area (Å²) < 4.78 is 26.2. The molecule has 1 aromatic carbocycles. The molecule has 0 unspecified atom stereocenters. The normalized spacial score (nSPS) is 11.7. The molecule has 8 heteroatoms. The fourth-order valence-corrected chi connectivity index (χ4v) is 4.37. The van der Waals surface area contributed by atoms with Crippen molar-refractivity contribution in [3.05, 3.63) is 36.2 Å². The Morgan fingerprint density at radius 2 is 1.95 bits per heavy atom. The van der Waals surface area contributed by atoms with Gasteiger partial charge >= 0.3 is 0 Å². The highest BCUT2D eigenvalue weighted by Gasteiger charge is 2.15. The molecule has 114 valence electrons. The zero-order chi connectivity index (χ0) is 15.3. The third-order valence-corrected chi connectivity index (χ3v) is 5.96. The summed E-state index contributed by atoms with van der Waals surface area (Å²) in [6, 6.07) is 8.50. The van der Waals surface area contributed by atoms with E-state index < -0.39 is 9.84 Å². The fraction of sp³-hybridized carbons (Fsp3) is 0.385. The minimum Gasteiger partial charge on any atom is -0.313 e. The molecule has 2 aromatic rings. The lowest BCUT2D eigenvalue weighted by atomic mass is 10.4. The van der Waals surface area contributed by atoms with Gasteiger partial charge in [-0.15, -0.1) is 10.2 Å². The first-order chi connectivity index (χ1) is 10.0. The third kappa shape index (κ3) is 4.05. The predicted octanol–water partition coefficient (Wildman–Crippen LogP) is 1.10. The first-order valence-electron chi connectivity index (χ1n) is 6.48. The molecule has 1 aromatic heterocycles. The van der Waals surface area contributed by atoms with E-state index in [-0.39, 0.29) is 5.75 Å². The van der Waals surface area contributed by atoms with E-state index in [2.05, 4.69) is 15.5 Å². The molecule has 0 fully saturated rings. The van der Waals surface area contributed by atoms with Crippen molar-refractivity contribution in [2.45, 2.75) is 16.6 Å². The van der Waals surface area contributed by atoms with Gasteiger partial charge in [-0.2, -0.15) is 0 Å². The van der Waals surface area contributed by atoms with Crippen LogP contribution in [0.15, 0.2) is 40.4 Å². The van der Waals surface area contributed by atoms with Crippen molar-refractivity contribution >= 4 is 21.6 Å². The van der Waals surface area contributed by atoms with Crippen LogP contribution in [0.4, 0.5) is 0 Å². The van der Waals surface area contributed by atoms with Gasteiger partial charge in [0.2, 0.25) is 0 Å². The van der Waals surface area contributed by atoms with Crippen LogP contribution in [-0.4, -0.2) is 41.7 Å². The van der Waals surface area contributed by atoms with Gasteiger partial charge in [-0.25, -0.2) is 8.42 Å². The number of nitrogens with zero attached hydrogens (tertiary/aromatic N) is 3. The molecule has 6 nitrogen and oxygen atoms in total. The quantitative estimate of drug-likeness (QED) is 0.768. The molecule has 1 heterocycles. The van der Waals surface area contributed by atoms with E-state index in [1.54, 1.807) is 30.3 Å². The summed E-state index contributed by atoms with van der Waals surface area (Å²) in [6.45, 7) is 0.631. The summed E-state index contributed by atoms with van der Waals surface area (Å²) >= 11 is 1.40. The predicted molar refractivity (Wildman–Crippen MR) is 83.0 cm³/mol. The standard InChI is InChI=1S/C13H18N4O2S2/c1-14-10-12-15-16-13(17(12)2)20-8-9-21(18,19)11-6-4-3-5-7-11/h3-7,14H,8-10H2,1-2H3. The molecule has 0 saturated heterocycles. The first kappa shape index (κ1) is 16.0. The summed E-state index contributed by atoms with van der Waals surface area (Å²) in [7, 11) is 0.480. The smallest absolute Gasteiger partial charge is 0.191 e. The topological polar surface area (TPSA) is 76.9 Å². The molecular weight excluding hydrogens is 308 g/mol. The lowest BCUT2D eigenvalue weighted by molar-refractivity contribution is 0.597. The number of nitrogens with one attached hydrogen (secondary N) is 1. The molecule has 0 atom stereocenters. The molecule has 0 bridgehead atoms. The zero-order valence-corrected chi connectivity index (χ0v) is 13.6. The number of rotatable bonds is 7. The Morgan fingerprint density at radius 3 is 2.62 bits per heavy atom. The van der Waals surface area contributed by atoms with Crippen molar-refractivity contribution in [1.82, 2.24) is 20.1 Å². The van der Waals surface area contributed by atoms with Crippen molar-refractivity contribution in [3.8, 4) is 0 Å². The molecule has 2 rings (SSSR count). The minimum absolute atomic E-state index is 0.0793. The van der Waals surface area contributed by atoms with Gasteiger partial charge in [0.25, 0.3) is 0 Å². The van der Waals surface area contributed by atoms with Gasteiger partial charge in [0.15, 0.2) is 15.0 Å². The average molecular weight is 326 g/mol. The largest absolute Gasteiger partial charge is 0.313 e. The maximum Gasteiger partial charge on any atom is 0.191 e. The fourth-order valence-electron chi connectivity index (χ4n) is 1.77. The maximum absolute atomic E-state index is 12.1. The molecular formula is C13H18N4O2S2. The number of hydrogen-bond acceptors (Lipinski definition) is 6. The highest BCUT2D eigenvalue weighted by Crippen LogP contribution is 2.18. The number of hydrogen-bond donors (Lipinski definition) is 1. The molecule has 0 amide bonds. The van der Waals surface area contributed by atoms with Crippen LogP contribution in [-0.2, 0) is 23.4 Å². The van der Waals surface area contributed by atoms with Crippen LogP contribution >= 0.6 is 11.8 Å². The second-order valence-corrected chi connectivity index (χ2v) is 7.64. The summed E-state index contributed by atoms with van der Waals surface area (Å²) in [5.41, 5.74) is 0. The molecule has 21 heavy (non-hydrogen) atoms. The Labute approximate surface area is 128 Å². The number of benzene rings is 1. The summed E-state index contributed by atoms with van der Waals surface area (Å²) in [5.74, 6) is 1.35. The van der Waals surface area contributed by atoms with Gasteiger partial charge in [0.05, 0.1) is 17.2 Å². The molecule has 0 radical (unpaired) electrons. The van der Waals surface area contributed by atoms with E-state index in [1.165, 1.54) is 11.8 Å². The number of thioether (sulfide) groups is 1. The van der Waals surface area contributed by atoms with Crippen LogP contribution in [0.1, 0.15) is 5.82 Å². The second kappa shape index (κ2) is 7.06. The molecule has 1 N–H and O–H groups in total. The Bertz CT molecular complexity index is 683. The minimum atomic E-state index is -3.24. The van der Waals surface area contributed by atoms with E-state index in [4.69, 9.17) is 0 Å². The zero-order valence-electron chi connectivity index (χ0n) is 12.0. The molecule has 0 aliphatic heterocycles. The number of aromatic nitrogens is 3. The molecule has 0 saturated carbocycles. The van der Waals surface area contributed by atoms with Gasteiger partial charge in [-0.05, 0) is 19.2 Å². The highest BCUT2D eigenvalue weighted by atomic mass is 32.2. The molecule has 0 aliphatic carbocycles. The first-order valence-corrected chi connectivity index (χ1v) is 9.12. The van der Waals surface area contributed by atoms with E-state index >= 15 is 0 Å².